The molecule has 1 aliphatic carbocycles. The third-order valence-electron chi connectivity index (χ3n) is 4.01. The van der Waals surface area contributed by atoms with Crippen LogP contribution in [0.5, 0.6) is 0 Å². The summed E-state index contributed by atoms with van der Waals surface area (Å²) >= 11 is 0. The van der Waals surface area contributed by atoms with Gasteiger partial charge in [0.25, 0.3) is 0 Å². The van der Waals surface area contributed by atoms with E-state index in [9.17, 15) is 13.5 Å². The van der Waals surface area contributed by atoms with Crippen LogP contribution in [0, 0.1) is 0 Å². The van der Waals surface area contributed by atoms with Gasteiger partial charge in [0, 0.05) is 26.0 Å². The minimum Gasteiger partial charge on any atom is -0.387 e. The van der Waals surface area contributed by atoms with E-state index in [1.807, 2.05) is 0 Å². The molecule has 0 amide bonds. The largest absolute Gasteiger partial charge is 0.387 e. The summed E-state index contributed by atoms with van der Waals surface area (Å²) in [6.45, 7) is 0.458. The molecular formula is C15H23NO4S. The van der Waals surface area contributed by atoms with Gasteiger partial charge < -0.3 is 15.2 Å². The smallest absolute Gasteiger partial charge is 0.175 e. The van der Waals surface area contributed by atoms with E-state index >= 15 is 0 Å². The van der Waals surface area contributed by atoms with E-state index < -0.39 is 15.9 Å². The summed E-state index contributed by atoms with van der Waals surface area (Å²) < 4.78 is 28.1. The molecule has 1 saturated carbocycles. The van der Waals surface area contributed by atoms with Crippen molar-refractivity contribution in [1.29, 1.82) is 0 Å². The minimum atomic E-state index is -3.19. The first kappa shape index (κ1) is 16.4. The number of nitrogens with one attached hydrogen (secondary N) is 1. The number of aliphatic hydroxyl groups is 1. The molecule has 6 heteroatoms. The van der Waals surface area contributed by atoms with Crippen molar-refractivity contribution in [2.75, 3.05) is 19.9 Å². The fourth-order valence-corrected chi connectivity index (χ4v) is 3.30. The lowest BCUT2D eigenvalue weighted by Gasteiger charge is -2.17. The number of sulfone groups is 1. The van der Waals surface area contributed by atoms with Gasteiger partial charge in [0.05, 0.1) is 17.1 Å². The Bertz CT molecular complexity index is 556. The van der Waals surface area contributed by atoms with Gasteiger partial charge in [0.15, 0.2) is 9.84 Å². The molecule has 118 valence electrons. The lowest BCUT2D eigenvalue weighted by Crippen LogP contribution is -2.31. The highest BCUT2D eigenvalue weighted by atomic mass is 32.2. The molecule has 0 heterocycles. The van der Waals surface area contributed by atoms with Crippen molar-refractivity contribution in [3.05, 3.63) is 29.8 Å². The summed E-state index contributed by atoms with van der Waals surface area (Å²) in [7, 11) is -1.46. The van der Waals surface area contributed by atoms with Crippen molar-refractivity contribution < 1.29 is 18.3 Å². The van der Waals surface area contributed by atoms with E-state index in [1.54, 1.807) is 19.2 Å². The van der Waals surface area contributed by atoms with Gasteiger partial charge in [-0.1, -0.05) is 12.1 Å². The molecule has 5 nitrogen and oxygen atoms in total. The summed E-state index contributed by atoms with van der Waals surface area (Å²) in [5.41, 5.74) is 0.719. The van der Waals surface area contributed by atoms with Gasteiger partial charge in [-0.05, 0) is 37.0 Å². The normalized spacial score (nSPS) is 24.1. The van der Waals surface area contributed by atoms with Gasteiger partial charge >= 0.3 is 0 Å². The molecular weight excluding hydrogens is 290 g/mol. The van der Waals surface area contributed by atoms with E-state index in [0.29, 0.717) is 18.7 Å². The number of aliphatic hydroxyl groups excluding tert-OH is 1. The molecule has 0 bridgehead atoms. The van der Waals surface area contributed by atoms with E-state index in [0.717, 1.165) is 24.8 Å². The lowest BCUT2D eigenvalue weighted by atomic mass is 10.1. The predicted molar refractivity (Wildman–Crippen MR) is 81.0 cm³/mol. The van der Waals surface area contributed by atoms with Crippen molar-refractivity contribution >= 4 is 9.84 Å². The van der Waals surface area contributed by atoms with Crippen molar-refractivity contribution in [1.82, 2.24) is 5.32 Å². The maximum atomic E-state index is 11.4. The Hall–Kier alpha value is -0.950. The van der Waals surface area contributed by atoms with Crippen molar-refractivity contribution in [3.8, 4) is 0 Å². The van der Waals surface area contributed by atoms with E-state index in [2.05, 4.69) is 5.32 Å². The van der Waals surface area contributed by atoms with Crippen LogP contribution in [0.4, 0.5) is 0 Å². The SMILES string of the molecule is COC1CCC(NCC(O)c2ccc(S(C)(=O)=O)cc2)C1. The molecule has 2 rings (SSSR count). The summed E-state index contributed by atoms with van der Waals surface area (Å²) in [6, 6.07) is 6.76. The second-order valence-corrected chi connectivity index (χ2v) is 7.65. The van der Waals surface area contributed by atoms with Crippen molar-refractivity contribution in [2.24, 2.45) is 0 Å². The second-order valence-electron chi connectivity index (χ2n) is 5.63. The van der Waals surface area contributed by atoms with Crippen LogP contribution in [-0.2, 0) is 14.6 Å². The first-order chi connectivity index (χ1) is 9.90. The first-order valence-corrected chi connectivity index (χ1v) is 9.03. The summed E-state index contributed by atoms with van der Waals surface area (Å²) in [5.74, 6) is 0. The predicted octanol–water partition coefficient (Wildman–Crippen LogP) is 1.28. The number of ether oxygens (including phenoxy) is 1. The van der Waals surface area contributed by atoms with Gasteiger partial charge in [-0.25, -0.2) is 8.42 Å². The molecule has 2 N–H and O–H groups in total. The highest BCUT2D eigenvalue weighted by Gasteiger charge is 2.24. The Balaban J connectivity index is 1.87. The summed E-state index contributed by atoms with van der Waals surface area (Å²) in [4.78, 5) is 0.269. The van der Waals surface area contributed by atoms with E-state index in [4.69, 9.17) is 4.74 Å². The van der Waals surface area contributed by atoms with E-state index in [-0.39, 0.29) is 4.90 Å². The Labute approximate surface area is 126 Å². The van der Waals surface area contributed by atoms with Crippen molar-refractivity contribution in [3.63, 3.8) is 0 Å². The van der Waals surface area contributed by atoms with Crippen LogP contribution in [0.1, 0.15) is 30.9 Å². The fraction of sp³-hybridized carbons (Fsp3) is 0.600. The Morgan fingerprint density at radius 1 is 1.33 bits per heavy atom. The molecule has 0 aliphatic heterocycles. The lowest BCUT2D eigenvalue weighted by molar-refractivity contribution is 0.105. The molecule has 1 fully saturated rings. The molecule has 0 aromatic heterocycles. The van der Waals surface area contributed by atoms with E-state index in [1.165, 1.54) is 18.4 Å². The van der Waals surface area contributed by atoms with Gasteiger partial charge in [0.2, 0.25) is 0 Å². The Morgan fingerprint density at radius 2 is 2.00 bits per heavy atom. The van der Waals surface area contributed by atoms with Crippen LogP contribution in [-0.4, -0.2) is 45.6 Å². The van der Waals surface area contributed by atoms with Crippen molar-refractivity contribution in [2.45, 2.75) is 42.4 Å². The molecule has 21 heavy (non-hydrogen) atoms. The average Bonchev–Trinajstić information content (AvgIpc) is 2.92. The zero-order valence-electron chi connectivity index (χ0n) is 12.5. The zero-order chi connectivity index (χ0) is 15.5. The molecule has 1 aromatic rings. The Kier molecular flexibility index (Phi) is 5.37. The number of hydrogen-bond donors (Lipinski definition) is 2. The fourth-order valence-electron chi connectivity index (χ4n) is 2.67. The molecule has 3 unspecified atom stereocenters. The molecule has 1 aliphatic rings. The summed E-state index contributed by atoms with van der Waals surface area (Å²) in [6.07, 6.45) is 3.92. The van der Waals surface area contributed by atoms with Crippen LogP contribution in [0.3, 0.4) is 0 Å². The zero-order valence-corrected chi connectivity index (χ0v) is 13.3. The monoisotopic (exact) mass is 313 g/mol. The molecule has 0 spiro atoms. The number of benzene rings is 1. The summed E-state index contributed by atoms with van der Waals surface area (Å²) in [5, 5.41) is 13.5. The van der Waals surface area contributed by atoms with Crippen LogP contribution in [0.25, 0.3) is 0 Å². The minimum absolute atomic E-state index is 0.269. The topological polar surface area (TPSA) is 75.6 Å². The van der Waals surface area contributed by atoms with Gasteiger partial charge in [-0.15, -0.1) is 0 Å². The molecule has 0 radical (unpaired) electrons. The van der Waals surface area contributed by atoms with Crippen LogP contribution in [0.2, 0.25) is 0 Å². The maximum Gasteiger partial charge on any atom is 0.175 e. The maximum absolute atomic E-state index is 11.4. The van der Waals surface area contributed by atoms with Crippen LogP contribution >= 0.6 is 0 Å². The second kappa shape index (κ2) is 6.87. The third kappa shape index (κ3) is 4.51. The average molecular weight is 313 g/mol. The number of hydrogen-bond acceptors (Lipinski definition) is 5. The number of rotatable bonds is 6. The third-order valence-corrected chi connectivity index (χ3v) is 5.14. The molecule has 0 saturated heterocycles. The van der Waals surface area contributed by atoms with Gasteiger partial charge in [0.1, 0.15) is 0 Å². The Morgan fingerprint density at radius 3 is 2.52 bits per heavy atom. The van der Waals surface area contributed by atoms with Crippen LogP contribution < -0.4 is 5.32 Å². The van der Waals surface area contributed by atoms with Gasteiger partial charge in [-0.3, -0.25) is 0 Å². The highest BCUT2D eigenvalue weighted by molar-refractivity contribution is 7.90. The standard InChI is InChI=1S/C15H23NO4S/c1-20-13-6-5-12(9-13)16-10-15(17)11-3-7-14(8-4-11)21(2,18)19/h3-4,7-8,12-13,15-17H,5-6,9-10H2,1-2H3. The highest BCUT2D eigenvalue weighted by Crippen LogP contribution is 2.22. The van der Waals surface area contributed by atoms with Crippen LogP contribution in [0.15, 0.2) is 29.2 Å². The quantitative estimate of drug-likeness (QED) is 0.827. The first-order valence-electron chi connectivity index (χ1n) is 7.14. The van der Waals surface area contributed by atoms with Gasteiger partial charge in [-0.2, -0.15) is 0 Å². The molecule has 3 atom stereocenters. The molecule has 1 aromatic carbocycles. The number of methoxy groups -OCH3 is 1.